The molecule has 0 spiro atoms. The van der Waals surface area contributed by atoms with Crippen LogP contribution in [0.3, 0.4) is 0 Å². The monoisotopic (exact) mass is 436 g/mol. The normalized spacial score (nSPS) is 17.8. The van der Waals surface area contributed by atoms with Crippen molar-refractivity contribution in [3.63, 3.8) is 0 Å². The summed E-state index contributed by atoms with van der Waals surface area (Å²) in [4.78, 5) is 31.5. The maximum Gasteiger partial charge on any atom is 0.312 e. The van der Waals surface area contributed by atoms with Gasteiger partial charge in [-0.1, -0.05) is 42.5 Å². The number of piperidine rings is 1. The minimum Gasteiger partial charge on any atom is -0.495 e. The lowest BCUT2D eigenvalue weighted by atomic mass is 10.0. The van der Waals surface area contributed by atoms with Gasteiger partial charge in [0.25, 0.3) is 0 Å². The first kappa shape index (κ1) is 22.1. The van der Waals surface area contributed by atoms with E-state index in [-0.39, 0.29) is 6.04 Å². The second-order valence-corrected chi connectivity index (χ2v) is 8.46. The number of hydrogen-bond donors (Lipinski definition) is 1. The molecular weight excluding hydrogens is 404 g/mol. The van der Waals surface area contributed by atoms with E-state index in [9.17, 15) is 9.59 Å². The maximum absolute atomic E-state index is 12.7. The average Bonchev–Trinajstić information content (AvgIpc) is 2.85. The van der Waals surface area contributed by atoms with Crippen LogP contribution < -0.4 is 15.0 Å². The first-order valence-corrected chi connectivity index (χ1v) is 11.4. The van der Waals surface area contributed by atoms with Crippen LogP contribution in [0.15, 0.2) is 54.6 Å². The van der Waals surface area contributed by atoms with Gasteiger partial charge in [0.2, 0.25) is 0 Å². The number of benzene rings is 2. The minimum absolute atomic E-state index is 0.0633. The first-order chi connectivity index (χ1) is 15.6. The molecule has 7 heteroatoms. The van der Waals surface area contributed by atoms with Crippen molar-refractivity contribution >= 4 is 17.5 Å². The molecule has 2 aliphatic rings. The molecule has 2 aromatic rings. The number of methoxy groups -OCH3 is 1. The van der Waals surface area contributed by atoms with Gasteiger partial charge in [0, 0.05) is 51.9 Å². The summed E-state index contributed by atoms with van der Waals surface area (Å²) >= 11 is 0. The highest BCUT2D eigenvalue weighted by Gasteiger charge is 2.29. The predicted octanol–water partition coefficient (Wildman–Crippen LogP) is 2.12. The Morgan fingerprint density at radius 1 is 0.906 bits per heavy atom. The van der Waals surface area contributed by atoms with E-state index >= 15 is 0 Å². The molecule has 0 radical (unpaired) electrons. The van der Waals surface area contributed by atoms with Crippen LogP contribution in [0.4, 0.5) is 5.69 Å². The predicted molar refractivity (Wildman–Crippen MR) is 125 cm³/mol. The summed E-state index contributed by atoms with van der Waals surface area (Å²) in [5.41, 5.74) is 2.33. The van der Waals surface area contributed by atoms with Crippen LogP contribution in [0, 0.1) is 0 Å². The summed E-state index contributed by atoms with van der Waals surface area (Å²) < 4.78 is 5.45. The molecule has 2 aliphatic heterocycles. The Bertz CT molecular complexity index is 904. The number of hydrogen-bond acceptors (Lipinski definition) is 5. The van der Waals surface area contributed by atoms with Gasteiger partial charge in [0.15, 0.2) is 0 Å². The molecule has 0 saturated carbocycles. The van der Waals surface area contributed by atoms with Gasteiger partial charge < -0.3 is 19.9 Å². The van der Waals surface area contributed by atoms with Crippen molar-refractivity contribution in [3.05, 3.63) is 60.2 Å². The highest BCUT2D eigenvalue weighted by atomic mass is 16.5. The average molecular weight is 437 g/mol. The van der Waals surface area contributed by atoms with Crippen molar-refractivity contribution in [2.75, 3.05) is 51.3 Å². The number of carbonyl (C=O) groups is 2. The van der Waals surface area contributed by atoms with Gasteiger partial charge >= 0.3 is 11.8 Å². The molecule has 2 amide bonds. The Labute approximate surface area is 189 Å². The van der Waals surface area contributed by atoms with Gasteiger partial charge in [-0.2, -0.15) is 0 Å². The molecule has 0 atom stereocenters. The fourth-order valence-electron chi connectivity index (χ4n) is 4.51. The largest absolute Gasteiger partial charge is 0.495 e. The van der Waals surface area contributed by atoms with Crippen molar-refractivity contribution in [3.8, 4) is 5.75 Å². The van der Waals surface area contributed by atoms with Crippen LogP contribution in [-0.2, 0) is 16.1 Å². The summed E-state index contributed by atoms with van der Waals surface area (Å²) in [6.45, 7) is 5.18. The Morgan fingerprint density at radius 2 is 1.56 bits per heavy atom. The molecule has 0 aromatic heterocycles. The van der Waals surface area contributed by atoms with Crippen molar-refractivity contribution in [1.82, 2.24) is 15.1 Å². The van der Waals surface area contributed by atoms with Gasteiger partial charge in [0.05, 0.1) is 12.8 Å². The number of rotatable bonds is 5. The zero-order valence-electron chi connectivity index (χ0n) is 18.7. The van der Waals surface area contributed by atoms with Gasteiger partial charge in [-0.3, -0.25) is 14.5 Å². The second kappa shape index (κ2) is 10.5. The van der Waals surface area contributed by atoms with Crippen LogP contribution in [0.2, 0.25) is 0 Å². The van der Waals surface area contributed by atoms with Gasteiger partial charge in [-0.25, -0.2) is 0 Å². The van der Waals surface area contributed by atoms with E-state index in [1.165, 1.54) is 5.56 Å². The van der Waals surface area contributed by atoms with Crippen LogP contribution in [-0.4, -0.2) is 74.0 Å². The topological polar surface area (TPSA) is 65.1 Å². The molecule has 7 nitrogen and oxygen atoms in total. The third-order valence-electron chi connectivity index (χ3n) is 6.36. The number of nitrogens with one attached hydrogen (secondary N) is 1. The summed E-state index contributed by atoms with van der Waals surface area (Å²) in [6, 6.07) is 18.4. The SMILES string of the molecule is COc1ccccc1N1CCN(C(=O)C(=O)NC2CCN(Cc3ccccc3)CC2)CC1. The lowest BCUT2D eigenvalue weighted by Gasteiger charge is -2.37. The van der Waals surface area contributed by atoms with Crippen molar-refractivity contribution in [2.45, 2.75) is 25.4 Å². The van der Waals surface area contributed by atoms with Crippen molar-refractivity contribution in [2.24, 2.45) is 0 Å². The Hall–Kier alpha value is -3.06. The second-order valence-electron chi connectivity index (χ2n) is 8.46. The highest BCUT2D eigenvalue weighted by Crippen LogP contribution is 2.28. The standard InChI is InChI=1S/C25H32N4O3/c1-32-23-10-6-5-9-22(23)28-15-17-29(18-16-28)25(31)24(30)26-21-11-13-27(14-12-21)19-20-7-3-2-4-8-20/h2-10,21H,11-19H2,1H3,(H,26,30). The third-order valence-corrected chi connectivity index (χ3v) is 6.36. The lowest BCUT2D eigenvalue weighted by Crippen LogP contribution is -2.54. The Morgan fingerprint density at radius 3 is 2.25 bits per heavy atom. The van der Waals surface area contributed by atoms with Crippen LogP contribution in [0.5, 0.6) is 5.75 Å². The summed E-state index contributed by atoms with van der Waals surface area (Å²) in [5.74, 6) is -0.0720. The van der Waals surface area contributed by atoms with E-state index in [0.717, 1.165) is 43.9 Å². The van der Waals surface area contributed by atoms with Crippen molar-refractivity contribution in [1.29, 1.82) is 0 Å². The molecule has 32 heavy (non-hydrogen) atoms. The fourth-order valence-corrected chi connectivity index (χ4v) is 4.51. The van der Waals surface area contributed by atoms with E-state index in [4.69, 9.17) is 4.74 Å². The molecule has 0 bridgehead atoms. The number of carbonyl (C=O) groups excluding carboxylic acids is 2. The fraction of sp³-hybridized carbons (Fsp3) is 0.440. The number of likely N-dealkylation sites (tertiary alicyclic amines) is 1. The summed E-state index contributed by atoms with van der Waals surface area (Å²) in [7, 11) is 1.66. The zero-order chi connectivity index (χ0) is 22.3. The molecule has 1 N–H and O–H groups in total. The van der Waals surface area contributed by atoms with E-state index in [0.29, 0.717) is 26.2 Å². The molecule has 170 valence electrons. The minimum atomic E-state index is -0.475. The summed E-state index contributed by atoms with van der Waals surface area (Å²) in [5, 5.41) is 2.97. The van der Waals surface area contributed by atoms with Crippen LogP contribution in [0.25, 0.3) is 0 Å². The molecule has 2 heterocycles. The number of para-hydroxylation sites is 2. The van der Waals surface area contributed by atoms with Gasteiger partial charge in [-0.05, 0) is 30.5 Å². The van der Waals surface area contributed by atoms with E-state index in [1.54, 1.807) is 12.0 Å². The van der Waals surface area contributed by atoms with Crippen LogP contribution >= 0.6 is 0 Å². The molecular formula is C25H32N4O3. The third kappa shape index (κ3) is 5.40. The quantitative estimate of drug-likeness (QED) is 0.728. The smallest absolute Gasteiger partial charge is 0.312 e. The molecule has 0 unspecified atom stereocenters. The lowest BCUT2D eigenvalue weighted by molar-refractivity contribution is -0.146. The number of nitrogens with zero attached hydrogens (tertiary/aromatic N) is 3. The number of anilines is 1. The molecule has 2 fully saturated rings. The molecule has 2 saturated heterocycles. The van der Waals surface area contributed by atoms with Gasteiger partial charge in [0.1, 0.15) is 5.75 Å². The Balaban J connectivity index is 1.21. The molecule has 0 aliphatic carbocycles. The van der Waals surface area contributed by atoms with Crippen molar-refractivity contribution < 1.29 is 14.3 Å². The number of piperazine rings is 1. The summed E-state index contributed by atoms with van der Waals surface area (Å²) in [6.07, 6.45) is 1.74. The zero-order valence-corrected chi connectivity index (χ0v) is 18.7. The molecule has 4 rings (SSSR count). The number of amides is 2. The number of ether oxygens (including phenoxy) is 1. The van der Waals surface area contributed by atoms with E-state index in [1.807, 2.05) is 30.3 Å². The first-order valence-electron chi connectivity index (χ1n) is 11.4. The van der Waals surface area contributed by atoms with E-state index < -0.39 is 11.8 Å². The Kier molecular flexibility index (Phi) is 7.27. The van der Waals surface area contributed by atoms with E-state index in [2.05, 4.69) is 39.4 Å². The van der Waals surface area contributed by atoms with Gasteiger partial charge in [-0.15, -0.1) is 0 Å². The maximum atomic E-state index is 12.7. The highest BCUT2D eigenvalue weighted by molar-refractivity contribution is 6.35. The van der Waals surface area contributed by atoms with Crippen LogP contribution in [0.1, 0.15) is 18.4 Å². The molecule has 2 aromatic carbocycles.